The summed E-state index contributed by atoms with van der Waals surface area (Å²) in [4.78, 5) is 29.1. The third-order valence-electron chi connectivity index (χ3n) is 7.40. The Morgan fingerprint density at radius 2 is 1.97 bits per heavy atom. The number of nitrogens with zero attached hydrogens (tertiary/aromatic N) is 3. The van der Waals surface area contributed by atoms with Crippen LogP contribution >= 0.6 is 0 Å². The molecule has 2 saturated carbocycles. The lowest BCUT2D eigenvalue weighted by atomic mass is 9.71. The van der Waals surface area contributed by atoms with Crippen LogP contribution in [0.3, 0.4) is 0 Å². The number of fused-ring (bicyclic) bond motifs is 1. The summed E-state index contributed by atoms with van der Waals surface area (Å²) in [6, 6.07) is 1.35. The molecular formula is C22H26F3N5O3. The fraction of sp³-hybridized carbons (Fsp3) is 0.636. The van der Waals surface area contributed by atoms with Crippen LogP contribution in [-0.4, -0.2) is 44.3 Å². The first-order valence-electron chi connectivity index (χ1n) is 11.3. The first-order valence-corrected chi connectivity index (χ1v) is 11.3. The normalized spacial score (nSPS) is 27.1. The molecule has 0 radical (unpaired) electrons. The molecule has 178 valence electrons. The van der Waals surface area contributed by atoms with Crippen molar-refractivity contribution >= 4 is 17.5 Å². The maximum absolute atomic E-state index is 13.3. The van der Waals surface area contributed by atoms with E-state index in [2.05, 4.69) is 15.4 Å². The minimum atomic E-state index is -4.61. The molecule has 3 fully saturated rings. The van der Waals surface area contributed by atoms with E-state index >= 15 is 0 Å². The van der Waals surface area contributed by atoms with Crippen LogP contribution in [0.15, 0.2) is 18.5 Å². The Hall–Kier alpha value is -2.69. The van der Waals surface area contributed by atoms with Gasteiger partial charge >= 0.3 is 12.1 Å². The number of aliphatic carboxylic acids is 1. The zero-order valence-electron chi connectivity index (χ0n) is 17.9. The lowest BCUT2D eigenvalue weighted by Gasteiger charge is -2.37. The van der Waals surface area contributed by atoms with Gasteiger partial charge in [0.1, 0.15) is 0 Å². The fourth-order valence-electron chi connectivity index (χ4n) is 5.29. The van der Waals surface area contributed by atoms with Crippen LogP contribution < -0.4 is 11.1 Å². The molecule has 33 heavy (non-hydrogen) atoms. The Bertz CT molecular complexity index is 1080. The van der Waals surface area contributed by atoms with Crippen LogP contribution in [0.25, 0.3) is 5.65 Å². The van der Waals surface area contributed by atoms with Crippen molar-refractivity contribution in [3.63, 3.8) is 0 Å². The minimum Gasteiger partial charge on any atom is -0.480 e. The molecule has 1 saturated heterocycles. The highest BCUT2D eigenvalue weighted by Gasteiger charge is 2.56. The summed E-state index contributed by atoms with van der Waals surface area (Å²) in [6.45, 7) is -0.626. The zero-order valence-corrected chi connectivity index (χ0v) is 17.9. The predicted octanol–water partition coefficient (Wildman–Crippen LogP) is 2.48. The van der Waals surface area contributed by atoms with Crippen molar-refractivity contribution < 1.29 is 27.9 Å². The van der Waals surface area contributed by atoms with Crippen LogP contribution in [0, 0.1) is 29.1 Å². The maximum Gasteiger partial charge on any atom is 0.393 e. The summed E-state index contributed by atoms with van der Waals surface area (Å²) < 4.78 is 41.4. The molecule has 0 bridgehead atoms. The molecule has 1 amide bonds. The molecule has 8 nitrogen and oxygen atoms in total. The van der Waals surface area contributed by atoms with Gasteiger partial charge in [0.05, 0.1) is 30.0 Å². The number of nitrogens with two attached hydrogens (primary N) is 1. The van der Waals surface area contributed by atoms with Gasteiger partial charge in [-0.15, -0.1) is 0 Å². The van der Waals surface area contributed by atoms with Gasteiger partial charge in [0, 0.05) is 6.54 Å². The molecule has 5 rings (SSSR count). The van der Waals surface area contributed by atoms with E-state index in [4.69, 9.17) is 5.73 Å². The number of imidazole rings is 1. The van der Waals surface area contributed by atoms with Gasteiger partial charge in [-0.2, -0.15) is 18.3 Å². The lowest BCUT2D eigenvalue weighted by Crippen LogP contribution is -2.57. The average Bonchev–Trinajstić information content (AvgIpc) is 3.68. The highest BCUT2D eigenvalue weighted by atomic mass is 19.4. The van der Waals surface area contributed by atoms with Crippen LogP contribution in [0.2, 0.25) is 0 Å². The van der Waals surface area contributed by atoms with E-state index < -0.39 is 48.8 Å². The molecule has 0 aromatic carbocycles. The monoisotopic (exact) mass is 465 g/mol. The van der Waals surface area contributed by atoms with E-state index in [1.54, 1.807) is 12.3 Å². The van der Waals surface area contributed by atoms with Crippen molar-refractivity contribution in [2.45, 2.75) is 50.7 Å². The number of rotatable bonds is 7. The quantitative estimate of drug-likeness (QED) is 0.540. The molecule has 1 aliphatic heterocycles. The standard InChI is InChI=1S/C22H26F3N5O3/c23-22(24,25)14-7-21(20(32)33,19(31)27-9-14)6-11-5-16-29-15(10-30(16)28-8-11)18(26)17(12-1-2-12)13-3-4-13/h5,8,10,12-14,17-18H,1-4,6-7,9,26H2,(H,27,31)(H,32,33)/t14-,18+,21?/m0/s1. The molecule has 2 aromatic rings. The van der Waals surface area contributed by atoms with Crippen LogP contribution in [0.5, 0.6) is 0 Å². The topological polar surface area (TPSA) is 123 Å². The Kier molecular flexibility index (Phi) is 5.15. The van der Waals surface area contributed by atoms with Gasteiger partial charge in [-0.1, -0.05) is 0 Å². The van der Waals surface area contributed by atoms with Crippen LogP contribution in [0.4, 0.5) is 13.2 Å². The number of alkyl halides is 3. The van der Waals surface area contributed by atoms with Crippen LogP contribution in [-0.2, 0) is 16.0 Å². The van der Waals surface area contributed by atoms with Crippen molar-refractivity contribution in [1.29, 1.82) is 0 Å². The summed E-state index contributed by atoms with van der Waals surface area (Å²) in [7, 11) is 0. The molecule has 2 aromatic heterocycles. The highest BCUT2D eigenvalue weighted by molar-refractivity contribution is 6.02. The molecule has 0 spiro atoms. The van der Waals surface area contributed by atoms with E-state index in [0.717, 1.165) is 0 Å². The SMILES string of the molecule is N[C@H](c1cn2ncc(CC3(C(=O)O)C[C@H](C(F)(F)F)CNC3=O)cc2n1)C(C1CC1)C1CC1. The number of carbonyl (C=O) groups is 2. The van der Waals surface area contributed by atoms with E-state index in [9.17, 15) is 27.9 Å². The van der Waals surface area contributed by atoms with Gasteiger partial charge < -0.3 is 16.2 Å². The third kappa shape index (κ3) is 4.07. The maximum atomic E-state index is 13.3. The Morgan fingerprint density at radius 1 is 1.30 bits per heavy atom. The number of carbonyl (C=O) groups excluding carboxylic acids is 1. The molecule has 3 heterocycles. The number of amides is 1. The van der Waals surface area contributed by atoms with Gasteiger partial charge in [-0.3, -0.25) is 9.59 Å². The number of hydrogen-bond acceptors (Lipinski definition) is 5. The Morgan fingerprint density at radius 3 is 2.55 bits per heavy atom. The first-order chi connectivity index (χ1) is 15.6. The van der Waals surface area contributed by atoms with Gasteiger partial charge in [0.2, 0.25) is 5.91 Å². The molecule has 1 unspecified atom stereocenters. The number of hydrogen-bond donors (Lipinski definition) is 3. The van der Waals surface area contributed by atoms with Gasteiger partial charge in [-0.25, -0.2) is 9.50 Å². The second-order valence-electron chi connectivity index (χ2n) is 9.83. The molecule has 11 heteroatoms. The third-order valence-corrected chi connectivity index (χ3v) is 7.40. The summed E-state index contributed by atoms with van der Waals surface area (Å²) >= 11 is 0. The lowest BCUT2D eigenvalue weighted by molar-refractivity contribution is -0.194. The second-order valence-corrected chi connectivity index (χ2v) is 9.83. The van der Waals surface area contributed by atoms with Crippen LogP contribution in [0.1, 0.15) is 49.4 Å². The summed E-state index contributed by atoms with van der Waals surface area (Å²) in [5.41, 5.74) is 5.79. The average molecular weight is 465 g/mol. The molecular weight excluding hydrogens is 439 g/mol. The largest absolute Gasteiger partial charge is 0.480 e. The van der Waals surface area contributed by atoms with Crippen molar-refractivity contribution in [2.75, 3.05) is 6.54 Å². The molecule has 4 N–H and O–H groups in total. The van der Waals surface area contributed by atoms with Gasteiger partial charge in [0.15, 0.2) is 11.1 Å². The van der Waals surface area contributed by atoms with Crippen molar-refractivity contribution in [3.05, 3.63) is 29.7 Å². The number of nitrogens with one attached hydrogen (secondary N) is 1. The smallest absolute Gasteiger partial charge is 0.393 e. The summed E-state index contributed by atoms with van der Waals surface area (Å²) in [5.74, 6) is -2.80. The molecule has 3 aliphatic rings. The number of halogens is 3. The predicted molar refractivity (Wildman–Crippen MR) is 110 cm³/mol. The highest BCUT2D eigenvalue weighted by Crippen LogP contribution is 2.53. The molecule has 3 atom stereocenters. The fourth-order valence-corrected chi connectivity index (χ4v) is 5.29. The van der Waals surface area contributed by atoms with E-state index in [0.29, 0.717) is 34.7 Å². The molecule has 2 aliphatic carbocycles. The Balaban J connectivity index is 1.42. The number of piperidine rings is 1. The summed E-state index contributed by atoms with van der Waals surface area (Å²) in [6.07, 6.45) is 2.02. The minimum absolute atomic E-state index is 0.225. The Labute approximate surface area is 187 Å². The van der Waals surface area contributed by atoms with Crippen molar-refractivity contribution in [3.8, 4) is 0 Å². The van der Waals surface area contributed by atoms with E-state index in [-0.39, 0.29) is 6.04 Å². The van der Waals surface area contributed by atoms with E-state index in [1.807, 2.05) is 0 Å². The first kappa shape index (κ1) is 22.1. The van der Waals surface area contributed by atoms with Crippen molar-refractivity contribution in [2.24, 2.45) is 34.8 Å². The van der Waals surface area contributed by atoms with Gasteiger partial charge in [-0.05, 0) is 67.9 Å². The van der Waals surface area contributed by atoms with Crippen molar-refractivity contribution in [1.82, 2.24) is 19.9 Å². The van der Waals surface area contributed by atoms with E-state index in [1.165, 1.54) is 36.4 Å². The number of carboxylic acid groups (broad SMARTS) is 1. The number of aromatic nitrogens is 3. The van der Waals surface area contributed by atoms with Gasteiger partial charge in [0.25, 0.3) is 0 Å². The zero-order chi connectivity index (χ0) is 23.5. The summed E-state index contributed by atoms with van der Waals surface area (Å²) in [5, 5.41) is 16.2. The number of carboxylic acids is 1. The second kappa shape index (κ2) is 7.68.